The van der Waals surface area contributed by atoms with Crippen molar-refractivity contribution in [3.63, 3.8) is 0 Å². The Hall–Kier alpha value is -1.15. The van der Waals surface area contributed by atoms with Crippen LogP contribution in [0.15, 0.2) is 30.3 Å². The zero-order valence-corrected chi connectivity index (χ0v) is 21.9. The Kier molecular flexibility index (Phi) is 33.1. The van der Waals surface area contributed by atoms with Crippen LogP contribution < -0.4 is 0 Å². The first-order valence-electron chi connectivity index (χ1n) is 13.8. The maximum atomic E-state index is 10.0. The summed E-state index contributed by atoms with van der Waals surface area (Å²) >= 11 is 0. The van der Waals surface area contributed by atoms with Crippen molar-refractivity contribution in [3.8, 4) is 0 Å². The smallest absolute Gasteiger partial charge is 0.150 e. The first kappa shape index (κ1) is 33.0. The molecule has 0 amide bonds. The SMILES string of the molecule is CCCCCCCCCCCCCCCCCC.CCCCC[O].O=Cc1ccccc1. The van der Waals surface area contributed by atoms with Crippen molar-refractivity contribution in [3.05, 3.63) is 35.9 Å². The van der Waals surface area contributed by atoms with Gasteiger partial charge in [0.1, 0.15) is 6.29 Å². The highest BCUT2D eigenvalue weighted by Gasteiger charge is 1.93. The fourth-order valence-electron chi connectivity index (χ4n) is 3.50. The second-order valence-corrected chi connectivity index (χ2v) is 8.89. The number of benzene rings is 1. The lowest BCUT2D eigenvalue weighted by Crippen LogP contribution is -1.83. The zero-order chi connectivity index (χ0) is 24.0. The highest BCUT2D eigenvalue weighted by atomic mass is 16.2. The van der Waals surface area contributed by atoms with Crippen molar-refractivity contribution in [1.82, 2.24) is 0 Å². The van der Waals surface area contributed by atoms with Crippen molar-refractivity contribution in [2.45, 2.75) is 143 Å². The minimum atomic E-state index is 0.105. The van der Waals surface area contributed by atoms with Crippen molar-refractivity contribution in [1.29, 1.82) is 0 Å². The van der Waals surface area contributed by atoms with E-state index in [0.717, 1.165) is 31.1 Å². The molecule has 1 aromatic carbocycles. The molecule has 0 heterocycles. The summed E-state index contributed by atoms with van der Waals surface area (Å²) in [7, 11) is 0. The fourth-order valence-corrected chi connectivity index (χ4v) is 3.50. The number of aldehydes is 1. The highest BCUT2D eigenvalue weighted by Crippen LogP contribution is 2.13. The molecular formula is C30H55O2. The predicted molar refractivity (Wildman–Crippen MR) is 142 cm³/mol. The molecule has 0 fully saturated rings. The largest absolute Gasteiger partial charge is 0.298 e. The molecule has 2 nitrogen and oxygen atoms in total. The summed E-state index contributed by atoms with van der Waals surface area (Å²) < 4.78 is 0. The summed E-state index contributed by atoms with van der Waals surface area (Å²) in [5, 5.41) is 9.69. The van der Waals surface area contributed by atoms with Gasteiger partial charge in [0.25, 0.3) is 0 Å². The van der Waals surface area contributed by atoms with Gasteiger partial charge in [-0.3, -0.25) is 4.79 Å². The molecule has 32 heavy (non-hydrogen) atoms. The van der Waals surface area contributed by atoms with E-state index in [1.165, 1.54) is 103 Å². The molecular weight excluding hydrogens is 392 g/mol. The van der Waals surface area contributed by atoms with Crippen LogP contribution in [0, 0.1) is 0 Å². The zero-order valence-electron chi connectivity index (χ0n) is 21.9. The van der Waals surface area contributed by atoms with Crippen LogP contribution in [0.2, 0.25) is 0 Å². The van der Waals surface area contributed by atoms with Gasteiger partial charge in [0.15, 0.2) is 0 Å². The van der Waals surface area contributed by atoms with E-state index in [4.69, 9.17) is 0 Å². The Morgan fingerprint density at radius 2 is 0.812 bits per heavy atom. The number of carbonyl (C=O) groups excluding carboxylic acids is 1. The van der Waals surface area contributed by atoms with Crippen LogP contribution >= 0.6 is 0 Å². The van der Waals surface area contributed by atoms with Crippen molar-refractivity contribution in [2.24, 2.45) is 0 Å². The monoisotopic (exact) mass is 447 g/mol. The molecule has 0 saturated heterocycles. The van der Waals surface area contributed by atoms with E-state index in [1.54, 1.807) is 12.1 Å². The van der Waals surface area contributed by atoms with E-state index in [1.807, 2.05) is 18.2 Å². The van der Waals surface area contributed by atoms with Gasteiger partial charge in [0.2, 0.25) is 0 Å². The summed E-state index contributed by atoms with van der Waals surface area (Å²) in [4.78, 5) is 10.0. The second-order valence-electron chi connectivity index (χ2n) is 8.89. The van der Waals surface area contributed by atoms with E-state index in [9.17, 15) is 9.90 Å². The number of rotatable bonds is 19. The molecule has 1 radical (unpaired) electrons. The highest BCUT2D eigenvalue weighted by molar-refractivity contribution is 5.74. The first-order chi connectivity index (χ1) is 15.8. The summed E-state index contributed by atoms with van der Waals surface area (Å²) in [6.45, 7) is 6.79. The molecule has 2 heteroatoms. The lowest BCUT2D eigenvalue weighted by atomic mass is 10.0. The maximum Gasteiger partial charge on any atom is 0.150 e. The van der Waals surface area contributed by atoms with Gasteiger partial charge in [0.05, 0.1) is 6.61 Å². The van der Waals surface area contributed by atoms with Gasteiger partial charge in [-0.15, -0.1) is 0 Å². The van der Waals surface area contributed by atoms with Gasteiger partial charge >= 0.3 is 0 Å². The minimum absolute atomic E-state index is 0.105. The van der Waals surface area contributed by atoms with Crippen molar-refractivity contribution < 1.29 is 9.90 Å². The number of carbonyl (C=O) groups is 1. The van der Waals surface area contributed by atoms with Crippen LogP contribution in [0.3, 0.4) is 0 Å². The standard InChI is InChI=1S/C18H38.C7H6O.C5H11O/c1-3-5-7-9-11-13-15-17-18-16-14-12-10-8-6-4-2;8-6-7-4-2-1-3-5-7;1-2-3-4-5-6/h3-18H2,1-2H3;1-6H;2-5H2,1H3. The number of unbranched alkanes of at least 4 members (excludes halogenated alkanes) is 17. The molecule has 0 N–H and O–H groups in total. The summed E-state index contributed by atoms with van der Waals surface area (Å²) in [5.41, 5.74) is 0.729. The van der Waals surface area contributed by atoms with Crippen LogP contribution in [0.5, 0.6) is 0 Å². The third-order valence-electron chi connectivity index (χ3n) is 5.64. The van der Waals surface area contributed by atoms with Gasteiger partial charge in [-0.05, 0) is 6.42 Å². The lowest BCUT2D eigenvalue weighted by Gasteiger charge is -2.03. The normalized spacial score (nSPS) is 10.0. The Labute approximate surface area is 201 Å². The maximum absolute atomic E-state index is 10.0. The van der Waals surface area contributed by atoms with E-state index >= 15 is 0 Å². The molecule has 1 rings (SSSR count). The fraction of sp³-hybridized carbons (Fsp3) is 0.767. The first-order valence-corrected chi connectivity index (χ1v) is 13.8. The molecule has 0 saturated carbocycles. The Bertz CT molecular complexity index is 410. The van der Waals surface area contributed by atoms with Crippen molar-refractivity contribution >= 4 is 6.29 Å². The molecule has 187 valence electrons. The number of hydrogen-bond donors (Lipinski definition) is 0. The van der Waals surface area contributed by atoms with Gasteiger partial charge in [-0.2, -0.15) is 0 Å². The number of hydrogen-bond acceptors (Lipinski definition) is 1. The van der Waals surface area contributed by atoms with Gasteiger partial charge in [0, 0.05) is 5.56 Å². The van der Waals surface area contributed by atoms with Crippen LogP contribution in [0.25, 0.3) is 0 Å². The van der Waals surface area contributed by atoms with Crippen molar-refractivity contribution in [2.75, 3.05) is 6.61 Å². The van der Waals surface area contributed by atoms with E-state index in [0.29, 0.717) is 0 Å². The Morgan fingerprint density at radius 3 is 1.03 bits per heavy atom. The molecule has 0 aliphatic heterocycles. The van der Waals surface area contributed by atoms with Crippen LogP contribution in [-0.4, -0.2) is 12.9 Å². The van der Waals surface area contributed by atoms with E-state index in [2.05, 4.69) is 20.8 Å². The average Bonchev–Trinajstić information content (AvgIpc) is 2.84. The third-order valence-corrected chi connectivity index (χ3v) is 5.64. The molecule has 1 aromatic rings. The molecule has 0 unspecified atom stereocenters. The molecule has 0 bridgehead atoms. The summed E-state index contributed by atoms with van der Waals surface area (Å²) in [6.07, 6.45) is 27.4. The topological polar surface area (TPSA) is 37.0 Å². The molecule has 0 spiro atoms. The van der Waals surface area contributed by atoms with Gasteiger partial charge in [-0.25, -0.2) is 5.11 Å². The quantitative estimate of drug-likeness (QED) is 0.153. The molecule has 0 aliphatic rings. The van der Waals surface area contributed by atoms with E-state index in [-0.39, 0.29) is 6.61 Å². The molecule has 0 atom stereocenters. The van der Waals surface area contributed by atoms with E-state index < -0.39 is 0 Å². The summed E-state index contributed by atoms with van der Waals surface area (Å²) in [6, 6.07) is 9.10. The molecule has 0 aromatic heterocycles. The third kappa shape index (κ3) is 31.0. The molecule has 0 aliphatic carbocycles. The second kappa shape index (κ2) is 32.0. The lowest BCUT2D eigenvalue weighted by molar-refractivity contribution is 0.112. The Morgan fingerprint density at radius 1 is 0.500 bits per heavy atom. The van der Waals surface area contributed by atoms with Crippen LogP contribution in [0.1, 0.15) is 153 Å². The van der Waals surface area contributed by atoms with Crippen LogP contribution in [0.4, 0.5) is 0 Å². The van der Waals surface area contributed by atoms with Crippen LogP contribution in [-0.2, 0) is 5.11 Å². The summed E-state index contributed by atoms with van der Waals surface area (Å²) in [5.74, 6) is 0. The Balaban J connectivity index is 0. The average molecular weight is 448 g/mol. The predicted octanol–water partition coefficient (Wildman–Crippen LogP) is 10.4. The minimum Gasteiger partial charge on any atom is -0.298 e. The van der Waals surface area contributed by atoms with Gasteiger partial charge in [-0.1, -0.05) is 167 Å². The van der Waals surface area contributed by atoms with Gasteiger partial charge < -0.3 is 0 Å².